The van der Waals surface area contributed by atoms with Gasteiger partial charge in [0.1, 0.15) is 5.75 Å². The van der Waals surface area contributed by atoms with E-state index in [0.29, 0.717) is 11.3 Å². The molecule has 1 aromatic carbocycles. The highest BCUT2D eigenvalue weighted by atomic mass is 79.9. The molecular formula is C13H18BrNO2. The number of rotatable bonds is 5. The van der Waals surface area contributed by atoms with Crippen LogP contribution in [-0.2, 0) is 0 Å². The van der Waals surface area contributed by atoms with Gasteiger partial charge in [-0.15, -0.1) is 0 Å². The molecule has 0 saturated carbocycles. The van der Waals surface area contributed by atoms with Crippen molar-refractivity contribution in [3.05, 3.63) is 29.3 Å². The Morgan fingerprint density at radius 1 is 1.53 bits per heavy atom. The number of nitrogens with one attached hydrogen (secondary N) is 1. The normalized spacial score (nSPS) is 12.0. The van der Waals surface area contributed by atoms with Crippen LogP contribution in [-0.4, -0.2) is 24.4 Å². The van der Waals surface area contributed by atoms with E-state index in [-0.39, 0.29) is 11.9 Å². The Hall–Kier alpha value is -1.03. The smallest absolute Gasteiger partial charge is 0.255 e. The van der Waals surface area contributed by atoms with E-state index < -0.39 is 0 Å². The first kappa shape index (κ1) is 14.0. The van der Waals surface area contributed by atoms with Crippen LogP contribution in [0.25, 0.3) is 0 Å². The van der Waals surface area contributed by atoms with Crippen molar-refractivity contribution >= 4 is 21.8 Å². The van der Waals surface area contributed by atoms with Gasteiger partial charge in [-0.1, -0.05) is 27.6 Å². The second-order valence-electron chi connectivity index (χ2n) is 4.06. The van der Waals surface area contributed by atoms with Gasteiger partial charge in [0.15, 0.2) is 0 Å². The molecule has 1 unspecified atom stereocenters. The summed E-state index contributed by atoms with van der Waals surface area (Å²) >= 11 is 3.36. The summed E-state index contributed by atoms with van der Waals surface area (Å²) in [4.78, 5) is 12.1. The van der Waals surface area contributed by atoms with Gasteiger partial charge < -0.3 is 10.1 Å². The number of ether oxygens (including phenoxy) is 1. The Labute approximate surface area is 111 Å². The molecule has 0 spiro atoms. The zero-order chi connectivity index (χ0) is 12.8. The fourth-order valence-corrected chi connectivity index (χ4v) is 2.22. The number of carbonyl (C=O) groups is 1. The molecule has 3 nitrogen and oxygen atoms in total. The van der Waals surface area contributed by atoms with Crippen LogP contribution in [0.4, 0.5) is 0 Å². The molecule has 0 saturated heterocycles. The Morgan fingerprint density at radius 3 is 2.82 bits per heavy atom. The molecule has 94 valence electrons. The van der Waals surface area contributed by atoms with Crippen LogP contribution < -0.4 is 10.1 Å². The molecule has 0 aromatic heterocycles. The molecule has 0 aliphatic heterocycles. The molecule has 1 rings (SSSR count). The van der Waals surface area contributed by atoms with Crippen molar-refractivity contribution in [2.24, 2.45) is 0 Å². The van der Waals surface area contributed by atoms with Crippen LogP contribution in [0.1, 0.15) is 29.3 Å². The summed E-state index contributed by atoms with van der Waals surface area (Å²) in [5, 5.41) is 3.82. The summed E-state index contributed by atoms with van der Waals surface area (Å²) in [6.45, 7) is 3.94. The number of amides is 1. The first-order chi connectivity index (χ1) is 8.08. The minimum atomic E-state index is -0.0843. The number of methoxy groups -OCH3 is 1. The Kier molecular flexibility index (Phi) is 5.48. The van der Waals surface area contributed by atoms with Gasteiger partial charge in [0.05, 0.1) is 12.7 Å². The van der Waals surface area contributed by atoms with Crippen LogP contribution in [0, 0.1) is 6.92 Å². The van der Waals surface area contributed by atoms with Crippen molar-refractivity contribution in [3.63, 3.8) is 0 Å². The highest BCUT2D eigenvalue weighted by Crippen LogP contribution is 2.19. The van der Waals surface area contributed by atoms with Gasteiger partial charge in [0, 0.05) is 11.4 Å². The number of carbonyl (C=O) groups excluding carboxylic acids is 1. The number of aryl methyl sites for hydroxylation is 1. The highest BCUT2D eigenvalue weighted by Gasteiger charge is 2.14. The third-order valence-corrected chi connectivity index (χ3v) is 2.98. The van der Waals surface area contributed by atoms with E-state index in [0.717, 1.165) is 17.3 Å². The maximum absolute atomic E-state index is 12.1. The van der Waals surface area contributed by atoms with Crippen LogP contribution in [0.5, 0.6) is 5.75 Å². The summed E-state index contributed by atoms with van der Waals surface area (Å²) in [5.41, 5.74) is 1.64. The average molecular weight is 300 g/mol. The number of benzene rings is 1. The minimum absolute atomic E-state index is 0.0843. The predicted octanol–water partition coefficient (Wildman–Crippen LogP) is 2.91. The molecule has 0 radical (unpaired) electrons. The van der Waals surface area contributed by atoms with E-state index >= 15 is 0 Å². The zero-order valence-corrected chi connectivity index (χ0v) is 12.0. The van der Waals surface area contributed by atoms with Gasteiger partial charge in [0.25, 0.3) is 5.91 Å². The topological polar surface area (TPSA) is 38.3 Å². The maximum atomic E-state index is 12.1. The molecular weight excluding hydrogens is 282 g/mol. The van der Waals surface area contributed by atoms with Crippen molar-refractivity contribution in [2.75, 3.05) is 12.4 Å². The number of hydrogen-bond acceptors (Lipinski definition) is 2. The lowest BCUT2D eigenvalue weighted by Gasteiger charge is -2.14. The first-order valence-electron chi connectivity index (χ1n) is 5.60. The third-order valence-electron chi connectivity index (χ3n) is 2.52. The van der Waals surface area contributed by atoms with Gasteiger partial charge in [-0.3, -0.25) is 4.79 Å². The van der Waals surface area contributed by atoms with Gasteiger partial charge in [-0.2, -0.15) is 0 Å². The lowest BCUT2D eigenvalue weighted by atomic mass is 10.1. The second-order valence-corrected chi connectivity index (χ2v) is 4.85. The van der Waals surface area contributed by atoms with Crippen LogP contribution in [0.3, 0.4) is 0 Å². The SMILES string of the molecule is COc1ccc(C)cc1C(=O)NC(C)CCBr. The maximum Gasteiger partial charge on any atom is 0.255 e. The van der Waals surface area contributed by atoms with Crippen molar-refractivity contribution < 1.29 is 9.53 Å². The van der Waals surface area contributed by atoms with E-state index in [2.05, 4.69) is 21.2 Å². The van der Waals surface area contributed by atoms with Gasteiger partial charge in [-0.05, 0) is 32.4 Å². The molecule has 1 atom stereocenters. The fraction of sp³-hybridized carbons (Fsp3) is 0.462. The van der Waals surface area contributed by atoms with Crippen LogP contribution in [0.2, 0.25) is 0 Å². The molecule has 0 fully saturated rings. The summed E-state index contributed by atoms with van der Waals surface area (Å²) in [5.74, 6) is 0.526. The molecule has 0 aliphatic carbocycles. The molecule has 0 bridgehead atoms. The van der Waals surface area contributed by atoms with Gasteiger partial charge in [0.2, 0.25) is 0 Å². The Morgan fingerprint density at radius 2 is 2.24 bits per heavy atom. The highest BCUT2D eigenvalue weighted by molar-refractivity contribution is 9.09. The van der Waals surface area contributed by atoms with Crippen LogP contribution in [0.15, 0.2) is 18.2 Å². The summed E-state index contributed by atoms with van der Waals surface area (Å²) in [6, 6.07) is 5.73. The molecule has 1 amide bonds. The molecule has 0 heterocycles. The van der Waals surface area contributed by atoms with Crippen molar-refractivity contribution in [1.82, 2.24) is 5.32 Å². The third kappa shape index (κ3) is 4.04. The molecule has 1 aromatic rings. The monoisotopic (exact) mass is 299 g/mol. The van der Waals surface area contributed by atoms with Gasteiger partial charge >= 0.3 is 0 Å². The van der Waals surface area contributed by atoms with E-state index in [1.54, 1.807) is 7.11 Å². The molecule has 17 heavy (non-hydrogen) atoms. The van der Waals surface area contributed by atoms with E-state index in [1.165, 1.54) is 0 Å². The summed E-state index contributed by atoms with van der Waals surface area (Å²) in [7, 11) is 1.57. The Balaban J connectivity index is 2.83. The van der Waals surface area contributed by atoms with E-state index in [9.17, 15) is 4.79 Å². The first-order valence-corrected chi connectivity index (χ1v) is 6.72. The predicted molar refractivity (Wildman–Crippen MR) is 73.1 cm³/mol. The number of halogens is 1. The van der Waals surface area contributed by atoms with Crippen LogP contribution >= 0.6 is 15.9 Å². The summed E-state index contributed by atoms with van der Waals surface area (Å²) < 4.78 is 5.19. The van der Waals surface area contributed by atoms with Crippen molar-refractivity contribution in [1.29, 1.82) is 0 Å². The molecule has 4 heteroatoms. The Bertz CT molecular complexity index is 393. The number of hydrogen-bond donors (Lipinski definition) is 1. The quantitative estimate of drug-likeness (QED) is 0.849. The molecule has 1 N–H and O–H groups in total. The lowest BCUT2D eigenvalue weighted by molar-refractivity contribution is 0.0936. The van der Waals surface area contributed by atoms with Gasteiger partial charge in [-0.25, -0.2) is 0 Å². The van der Waals surface area contributed by atoms with Crippen molar-refractivity contribution in [3.8, 4) is 5.75 Å². The van der Waals surface area contributed by atoms with E-state index in [1.807, 2.05) is 32.0 Å². The van der Waals surface area contributed by atoms with Crippen molar-refractivity contribution in [2.45, 2.75) is 26.3 Å². The average Bonchev–Trinajstić information content (AvgIpc) is 2.29. The standard InChI is InChI=1S/C13H18BrNO2/c1-9-4-5-12(17-3)11(8-9)13(16)15-10(2)6-7-14/h4-5,8,10H,6-7H2,1-3H3,(H,15,16). The fourth-order valence-electron chi connectivity index (χ4n) is 1.54. The lowest BCUT2D eigenvalue weighted by Crippen LogP contribution is -2.33. The molecule has 0 aliphatic rings. The van der Waals surface area contributed by atoms with E-state index in [4.69, 9.17) is 4.74 Å². The second kappa shape index (κ2) is 6.64. The number of alkyl halides is 1. The largest absolute Gasteiger partial charge is 0.496 e. The summed E-state index contributed by atoms with van der Waals surface area (Å²) in [6.07, 6.45) is 0.903. The minimum Gasteiger partial charge on any atom is -0.496 e. The zero-order valence-electron chi connectivity index (χ0n) is 10.4.